The molecule has 104 valence electrons. The summed E-state index contributed by atoms with van der Waals surface area (Å²) in [6.07, 6.45) is 0.217. The van der Waals surface area contributed by atoms with Crippen molar-refractivity contribution in [2.45, 2.75) is 12.7 Å². The van der Waals surface area contributed by atoms with Crippen LogP contribution in [0.25, 0.3) is 0 Å². The molecule has 1 heterocycles. The van der Waals surface area contributed by atoms with E-state index in [2.05, 4.69) is 0 Å². The average molecular weight is 271 g/mol. The van der Waals surface area contributed by atoms with E-state index in [9.17, 15) is 0 Å². The minimum absolute atomic E-state index is 0.217. The Kier molecular flexibility index (Phi) is 3.74. The van der Waals surface area contributed by atoms with Crippen molar-refractivity contribution >= 4 is 5.69 Å². The first-order valence-electron chi connectivity index (χ1n) is 6.62. The fourth-order valence-electron chi connectivity index (χ4n) is 1.84. The molecule has 2 aromatic rings. The highest BCUT2D eigenvalue weighted by molar-refractivity contribution is 5.52. The third-order valence-electron chi connectivity index (χ3n) is 3.03. The number of rotatable bonds is 6. The van der Waals surface area contributed by atoms with E-state index in [0.717, 1.165) is 12.2 Å². The van der Waals surface area contributed by atoms with Gasteiger partial charge < -0.3 is 19.9 Å². The highest BCUT2D eigenvalue weighted by Crippen LogP contribution is 2.31. The lowest BCUT2D eigenvalue weighted by Crippen LogP contribution is -2.06. The van der Waals surface area contributed by atoms with Crippen LogP contribution in [0.2, 0.25) is 0 Å². The number of anilines is 1. The summed E-state index contributed by atoms with van der Waals surface area (Å²) in [5, 5.41) is 0. The van der Waals surface area contributed by atoms with Crippen LogP contribution < -0.4 is 15.2 Å². The third-order valence-corrected chi connectivity index (χ3v) is 3.03. The average Bonchev–Trinajstić information content (AvgIpc) is 3.29. The van der Waals surface area contributed by atoms with E-state index >= 15 is 0 Å². The first-order valence-corrected chi connectivity index (χ1v) is 6.62. The second kappa shape index (κ2) is 5.84. The molecule has 20 heavy (non-hydrogen) atoms. The molecule has 0 amide bonds. The van der Waals surface area contributed by atoms with E-state index < -0.39 is 0 Å². The van der Waals surface area contributed by atoms with E-state index in [4.69, 9.17) is 19.9 Å². The fourth-order valence-corrected chi connectivity index (χ4v) is 1.84. The van der Waals surface area contributed by atoms with Crippen molar-refractivity contribution in [1.82, 2.24) is 0 Å². The van der Waals surface area contributed by atoms with Gasteiger partial charge in [-0.15, -0.1) is 0 Å². The van der Waals surface area contributed by atoms with E-state index in [1.807, 2.05) is 36.4 Å². The Balaban J connectivity index is 1.67. The van der Waals surface area contributed by atoms with Crippen LogP contribution in [0, 0.1) is 0 Å². The van der Waals surface area contributed by atoms with E-state index in [-0.39, 0.29) is 6.10 Å². The van der Waals surface area contributed by atoms with Gasteiger partial charge in [0.05, 0.1) is 6.61 Å². The Morgan fingerprint density at radius 3 is 2.60 bits per heavy atom. The Hall–Kier alpha value is -2.20. The van der Waals surface area contributed by atoms with Crippen molar-refractivity contribution in [3.63, 3.8) is 0 Å². The lowest BCUT2D eigenvalue weighted by atomic mass is 10.2. The number of epoxide rings is 1. The second-order valence-corrected chi connectivity index (χ2v) is 4.75. The topological polar surface area (TPSA) is 57.0 Å². The summed E-state index contributed by atoms with van der Waals surface area (Å²) in [7, 11) is 0. The van der Waals surface area contributed by atoms with Gasteiger partial charge in [0.25, 0.3) is 0 Å². The molecule has 3 rings (SSSR count). The summed E-state index contributed by atoms with van der Waals surface area (Å²) in [5.74, 6) is 1.36. The van der Waals surface area contributed by atoms with Crippen LogP contribution in [0.1, 0.15) is 5.56 Å². The smallest absolute Gasteiger partial charge is 0.163 e. The molecule has 0 radical (unpaired) electrons. The Morgan fingerprint density at radius 2 is 1.85 bits per heavy atom. The fraction of sp³-hybridized carbons (Fsp3) is 0.250. The summed E-state index contributed by atoms with van der Waals surface area (Å²) < 4.78 is 16.6. The van der Waals surface area contributed by atoms with Gasteiger partial charge in [-0.25, -0.2) is 0 Å². The molecule has 0 aliphatic carbocycles. The minimum Gasteiger partial charge on any atom is -0.487 e. The maximum absolute atomic E-state index is 5.81. The number of nitrogens with two attached hydrogens (primary N) is 1. The Labute approximate surface area is 118 Å². The molecule has 1 aliphatic heterocycles. The quantitative estimate of drug-likeness (QED) is 0.648. The van der Waals surface area contributed by atoms with Crippen LogP contribution >= 0.6 is 0 Å². The number of ether oxygens (including phenoxy) is 3. The normalized spacial score (nSPS) is 16.7. The number of hydrogen-bond acceptors (Lipinski definition) is 4. The number of benzene rings is 2. The van der Waals surface area contributed by atoms with Gasteiger partial charge in [-0.05, 0) is 17.7 Å². The highest BCUT2D eigenvalue weighted by Gasteiger charge is 2.23. The molecule has 1 unspecified atom stereocenters. The summed E-state index contributed by atoms with van der Waals surface area (Å²) in [6, 6.07) is 15.4. The zero-order chi connectivity index (χ0) is 13.8. The van der Waals surface area contributed by atoms with Gasteiger partial charge in [0, 0.05) is 11.8 Å². The first-order chi connectivity index (χ1) is 9.81. The van der Waals surface area contributed by atoms with E-state index in [0.29, 0.717) is 30.4 Å². The summed E-state index contributed by atoms with van der Waals surface area (Å²) >= 11 is 0. The standard InChI is InChI=1S/C16H17NO3/c17-13-6-7-15(20-11-14-10-18-14)16(8-13)19-9-12-4-2-1-3-5-12/h1-8,14H,9-11,17H2. The van der Waals surface area contributed by atoms with Crippen LogP contribution in [-0.4, -0.2) is 19.3 Å². The SMILES string of the molecule is Nc1ccc(OCC2CO2)c(OCc2ccccc2)c1. The zero-order valence-corrected chi connectivity index (χ0v) is 11.1. The Bertz CT molecular complexity index is 567. The van der Waals surface area contributed by atoms with Crippen LogP contribution in [0.15, 0.2) is 48.5 Å². The number of nitrogen functional groups attached to an aromatic ring is 1. The molecule has 0 bridgehead atoms. The molecule has 4 nitrogen and oxygen atoms in total. The molecule has 0 spiro atoms. The molecule has 1 atom stereocenters. The predicted octanol–water partition coefficient (Wildman–Crippen LogP) is 2.63. The van der Waals surface area contributed by atoms with Crippen LogP contribution in [0.5, 0.6) is 11.5 Å². The lowest BCUT2D eigenvalue weighted by molar-refractivity contribution is 0.238. The van der Waals surface area contributed by atoms with Crippen molar-refractivity contribution in [3.05, 3.63) is 54.1 Å². The maximum atomic E-state index is 5.81. The van der Waals surface area contributed by atoms with Crippen LogP contribution in [0.4, 0.5) is 5.69 Å². The van der Waals surface area contributed by atoms with Crippen molar-refractivity contribution in [1.29, 1.82) is 0 Å². The third kappa shape index (κ3) is 3.42. The van der Waals surface area contributed by atoms with Gasteiger partial charge in [0.2, 0.25) is 0 Å². The van der Waals surface area contributed by atoms with E-state index in [1.165, 1.54) is 0 Å². The molecule has 0 saturated carbocycles. The van der Waals surface area contributed by atoms with Gasteiger partial charge in [0.15, 0.2) is 11.5 Å². The van der Waals surface area contributed by atoms with Crippen LogP contribution in [0.3, 0.4) is 0 Å². The molecule has 1 fully saturated rings. The zero-order valence-electron chi connectivity index (χ0n) is 11.1. The number of hydrogen-bond donors (Lipinski definition) is 1. The van der Waals surface area contributed by atoms with Crippen molar-refractivity contribution < 1.29 is 14.2 Å². The largest absolute Gasteiger partial charge is 0.487 e. The molecule has 1 saturated heterocycles. The summed E-state index contributed by atoms with van der Waals surface area (Å²) in [4.78, 5) is 0. The molecular formula is C16H17NO3. The van der Waals surface area contributed by atoms with E-state index in [1.54, 1.807) is 12.1 Å². The molecule has 0 aromatic heterocycles. The molecule has 4 heteroatoms. The monoisotopic (exact) mass is 271 g/mol. The van der Waals surface area contributed by atoms with Gasteiger partial charge >= 0.3 is 0 Å². The lowest BCUT2D eigenvalue weighted by Gasteiger charge is -2.13. The Morgan fingerprint density at radius 1 is 1.05 bits per heavy atom. The van der Waals surface area contributed by atoms with Crippen molar-refractivity contribution in [2.24, 2.45) is 0 Å². The van der Waals surface area contributed by atoms with Crippen LogP contribution in [-0.2, 0) is 11.3 Å². The molecule has 2 aromatic carbocycles. The minimum atomic E-state index is 0.217. The first kappa shape index (κ1) is 12.8. The molecular weight excluding hydrogens is 254 g/mol. The summed E-state index contributed by atoms with van der Waals surface area (Å²) in [5.41, 5.74) is 7.56. The summed E-state index contributed by atoms with van der Waals surface area (Å²) in [6.45, 7) is 1.81. The van der Waals surface area contributed by atoms with Crippen molar-refractivity contribution in [2.75, 3.05) is 18.9 Å². The molecule has 1 aliphatic rings. The van der Waals surface area contributed by atoms with Gasteiger partial charge in [-0.1, -0.05) is 30.3 Å². The van der Waals surface area contributed by atoms with Gasteiger partial charge in [0.1, 0.15) is 19.3 Å². The van der Waals surface area contributed by atoms with Gasteiger partial charge in [-0.2, -0.15) is 0 Å². The highest BCUT2D eigenvalue weighted by atomic mass is 16.6. The van der Waals surface area contributed by atoms with Gasteiger partial charge in [-0.3, -0.25) is 0 Å². The van der Waals surface area contributed by atoms with Crippen molar-refractivity contribution in [3.8, 4) is 11.5 Å². The molecule has 2 N–H and O–H groups in total. The maximum Gasteiger partial charge on any atom is 0.163 e. The second-order valence-electron chi connectivity index (χ2n) is 4.75. The predicted molar refractivity (Wildman–Crippen MR) is 76.9 cm³/mol.